The molecule has 0 N–H and O–H groups in total. The third-order valence-corrected chi connectivity index (χ3v) is 1.58. The predicted octanol–water partition coefficient (Wildman–Crippen LogP) is 3.30. The largest absolute Gasteiger partial charge is 0.0933 e. The molecule has 0 aromatic rings. The molecule has 0 atom stereocenters. The maximum Gasteiger partial charge on any atom is 0.00314 e. The third kappa shape index (κ3) is 6.51. The molecule has 0 amide bonds. The summed E-state index contributed by atoms with van der Waals surface area (Å²) in [5.41, 5.74) is 1.58. The van der Waals surface area contributed by atoms with Crippen molar-refractivity contribution in [1.82, 2.24) is 0 Å². The molecule has 0 fully saturated rings. The Balaban J connectivity index is 2.72. The Morgan fingerprint density at radius 1 is 1.38 bits per heavy atom. The van der Waals surface area contributed by atoms with Crippen LogP contribution in [0.25, 0.3) is 0 Å². The molecule has 0 unspecified atom stereocenters. The van der Waals surface area contributed by atoms with Gasteiger partial charge < -0.3 is 0 Å². The van der Waals surface area contributed by atoms with Crippen LogP contribution < -0.4 is 0 Å². The van der Waals surface area contributed by atoms with Gasteiger partial charge in [-0.25, -0.2) is 0 Å². The summed E-state index contributed by atoms with van der Waals surface area (Å²) in [6.07, 6.45) is 5.55. The van der Waals surface area contributed by atoms with E-state index in [1.165, 1.54) is 12.8 Å². The zero-order valence-corrected chi connectivity index (χ0v) is 7.08. The minimum absolute atomic E-state index is 1.10. The zero-order chi connectivity index (χ0) is 6.24. The predicted molar refractivity (Wildman–Crippen MR) is 42.6 cm³/mol. The Hall–Kier alpha value is 0.510. The molecule has 2 heteroatoms. The van der Waals surface area contributed by atoms with Crippen molar-refractivity contribution in [3.8, 4) is 0 Å². The van der Waals surface area contributed by atoms with Crippen LogP contribution in [-0.4, -0.2) is 5.33 Å². The molecule has 0 aliphatic heterocycles. The lowest BCUT2D eigenvalue weighted by Gasteiger charge is -1.87. The summed E-state index contributed by atoms with van der Waals surface area (Å²) in [5.74, 6) is 0. The van der Waals surface area contributed by atoms with Crippen molar-refractivity contribution in [3.05, 3.63) is 11.6 Å². The molecule has 0 spiro atoms. The van der Waals surface area contributed by atoms with Crippen molar-refractivity contribution < 1.29 is 0 Å². The standard InChI is InChI=1S/C6H10BrCl/c7-5-3-1-2-4-6-8/h4,6H,1-3,5H2. The van der Waals surface area contributed by atoms with Crippen LogP contribution in [0.4, 0.5) is 0 Å². The molecule has 0 radical (unpaired) electrons. The van der Waals surface area contributed by atoms with Gasteiger partial charge in [0.2, 0.25) is 0 Å². The van der Waals surface area contributed by atoms with Gasteiger partial charge in [0.25, 0.3) is 0 Å². The molecule has 0 aromatic carbocycles. The molecule has 0 aromatic heterocycles. The first-order valence-corrected chi connectivity index (χ1v) is 4.28. The molecule has 0 bridgehead atoms. The Morgan fingerprint density at radius 3 is 2.62 bits per heavy atom. The molecule has 0 saturated heterocycles. The molecule has 0 aliphatic carbocycles. The van der Waals surface area contributed by atoms with Crippen molar-refractivity contribution >= 4 is 27.5 Å². The van der Waals surface area contributed by atoms with Crippen molar-refractivity contribution in [1.29, 1.82) is 0 Å². The van der Waals surface area contributed by atoms with Crippen LogP contribution in [-0.2, 0) is 0 Å². The quantitative estimate of drug-likeness (QED) is 0.479. The van der Waals surface area contributed by atoms with Crippen molar-refractivity contribution in [2.75, 3.05) is 5.33 Å². The Kier molecular flexibility index (Phi) is 7.99. The maximum atomic E-state index is 5.29. The fraction of sp³-hybridized carbons (Fsp3) is 0.667. The van der Waals surface area contributed by atoms with E-state index in [4.69, 9.17) is 11.6 Å². The highest BCUT2D eigenvalue weighted by Gasteiger charge is 1.79. The summed E-state index contributed by atoms with van der Waals surface area (Å²) in [4.78, 5) is 0. The van der Waals surface area contributed by atoms with E-state index < -0.39 is 0 Å². The summed E-state index contributed by atoms with van der Waals surface area (Å²) in [7, 11) is 0. The van der Waals surface area contributed by atoms with E-state index in [9.17, 15) is 0 Å². The second kappa shape index (κ2) is 7.51. The molecule has 0 aliphatic rings. The van der Waals surface area contributed by atoms with Crippen molar-refractivity contribution in [2.24, 2.45) is 0 Å². The second-order valence-electron chi connectivity index (χ2n) is 1.55. The van der Waals surface area contributed by atoms with Crippen LogP contribution in [0.5, 0.6) is 0 Å². The van der Waals surface area contributed by atoms with E-state index in [0.29, 0.717) is 0 Å². The average molecular weight is 198 g/mol. The first kappa shape index (κ1) is 8.51. The molecule has 8 heavy (non-hydrogen) atoms. The molecule has 0 rings (SSSR count). The highest BCUT2D eigenvalue weighted by Crippen LogP contribution is 1.99. The fourth-order valence-electron chi connectivity index (χ4n) is 0.420. The average Bonchev–Trinajstić information content (AvgIpc) is 1.81. The molecule has 0 saturated carbocycles. The van der Waals surface area contributed by atoms with Crippen LogP contribution in [0.1, 0.15) is 19.3 Å². The van der Waals surface area contributed by atoms with E-state index >= 15 is 0 Å². The number of alkyl halides is 1. The van der Waals surface area contributed by atoms with Crippen molar-refractivity contribution in [3.63, 3.8) is 0 Å². The Labute approximate surface area is 64.0 Å². The van der Waals surface area contributed by atoms with Gasteiger partial charge in [-0.1, -0.05) is 33.6 Å². The lowest BCUT2D eigenvalue weighted by Crippen LogP contribution is -1.72. The van der Waals surface area contributed by atoms with Crippen LogP contribution in [0.2, 0.25) is 0 Å². The zero-order valence-electron chi connectivity index (χ0n) is 4.74. The number of hydrogen-bond donors (Lipinski definition) is 0. The highest BCUT2D eigenvalue weighted by molar-refractivity contribution is 9.09. The lowest BCUT2D eigenvalue weighted by molar-refractivity contribution is 0.827. The van der Waals surface area contributed by atoms with Gasteiger partial charge in [-0.15, -0.1) is 0 Å². The summed E-state index contributed by atoms with van der Waals surface area (Å²) in [6.45, 7) is 0. The van der Waals surface area contributed by atoms with Gasteiger partial charge in [0.15, 0.2) is 0 Å². The number of allylic oxidation sites excluding steroid dienone is 1. The van der Waals surface area contributed by atoms with Crippen LogP contribution >= 0.6 is 27.5 Å². The first-order chi connectivity index (χ1) is 3.91. The van der Waals surface area contributed by atoms with Crippen LogP contribution in [0, 0.1) is 0 Å². The molecule has 48 valence electrons. The third-order valence-electron chi connectivity index (χ3n) is 0.844. The molecular weight excluding hydrogens is 187 g/mol. The lowest BCUT2D eigenvalue weighted by atomic mass is 10.2. The van der Waals surface area contributed by atoms with E-state index in [1.807, 2.05) is 6.08 Å². The van der Waals surface area contributed by atoms with Gasteiger partial charge in [-0.3, -0.25) is 0 Å². The second-order valence-corrected chi connectivity index (χ2v) is 2.59. The minimum Gasteiger partial charge on any atom is -0.0933 e. The molecule has 0 nitrogen and oxygen atoms in total. The summed E-state index contributed by atoms with van der Waals surface area (Å²) in [5, 5.41) is 1.10. The van der Waals surface area contributed by atoms with E-state index in [1.54, 1.807) is 5.54 Å². The van der Waals surface area contributed by atoms with E-state index in [2.05, 4.69) is 15.9 Å². The van der Waals surface area contributed by atoms with Gasteiger partial charge in [0.05, 0.1) is 0 Å². The highest BCUT2D eigenvalue weighted by atomic mass is 79.9. The van der Waals surface area contributed by atoms with E-state index in [-0.39, 0.29) is 0 Å². The SMILES string of the molecule is ClC=CCCCCBr. The molecular formula is C6H10BrCl. The van der Waals surface area contributed by atoms with Gasteiger partial charge in [-0.2, -0.15) is 0 Å². The topological polar surface area (TPSA) is 0 Å². The summed E-state index contributed by atoms with van der Waals surface area (Å²) in [6, 6.07) is 0. The number of rotatable bonds is 4. The van der Waals surface area contributed by atoms with Gasteiger partial charge in [-0.05, 0) is 19.3 Å². The smallest absolute Gasteiger partial charge is 0.00314 e. The van der Waals surface area contributed by atoms with Gasteiger partial charge in [0.1, 0.15) is 0 Å². The van der Waals surface area contributed by atoms with Crippen molar-refractivity contribution in [2.45, 2.75) is 19.3 Å². The Bertz CT molecular complexity index is 61.5. The number of halogens is 2. The Morgan fingerprint density at radius 2 is 2.12 bits per heavy atom. The maximum absolute atomic E-state index is 5.29. The van der Waals surface area contributed by atoms with Gasteiger partial charge >= 0.3 is 0 Å². The normalized spacial score (nSPS) is 10.8. The van der Waals surface area contributed by atoms with Crippen LogP contribution in [0.3, 0.4) is 0 Å². The minimum atomic E-state index is 1.10. The first-order valence-electron chi connectivity index (χ1n) is 2.73. The number of unbranched alkanes of at least 4 members (excludes halogenated alkanes) is 2. The fourth-order valence-corrected chi connectivity index (χ4v) is 0.942. The summed E-state index contributed by atoms with van der Waals surface area (Å²) >= 11 is 8.63. The monoisotopic (exact) mass is 196 g/mol. The molecule has 0 heterocycles. The summed E-state index contributed by atoms with van der Waals surface area (Å²) < 4.78 is 0. The number of hydrogen-bond acceptors (Lipinski definition) is 0. The van der Waals surface area contributed by atoms with Gasteiger partial charge in [0, 0.05) is 10.9 Å². The van der Waals surface area contributed by atoms with Crippen LogP contribution in [0.15, 0.2) is 11.6 Å². The van der Waals surface area contributed by atoms with E-state index in [0.717, 1.165) is 11.8 Å².